The normalized spacial score (nSPS) is 16.8. The van der Waals surface area contributed by atoms with Gasteiger partial charge in [0.1, 0.15) is 0 Å². The maximum absolute atomic E-state index is 12.8. The average Bonchev–Trinajstić information content (AvgIpc) is 3.15. The molecule has 1 N–H and O–H groups in total. The van der Waals surface area contributed by atoms with E-state index in [1.54, 1.807) is 25.1 Å². The van der Waals surface area contributed by atoms with Crippen molar-refractivity contribution in [3.05, 3.63) is 41.6 Å². The van der Waals surface area contributed by atoms with Gasteiger partial charge in [0.05, 0.1) is 23.8 Å². The molecule has 1 aliphatic heterocycles. The number of carbonyl (C=O) groups is 1. The zero-order valence-corrected chi connectivity index (χ0v) is 18.7. The molecule has 0 aliphatic carbocycles. The van der Waals surface area contributed by atoms with E-state index in [9.17, 15) is 4.79 Å². The number of ether oxygens (including phenoxy) is 2. The molecule has 0 spiro atoms. The minimum absolute atomic E-state index is 0.0127. The minimum Gasteiger partial charge on any atom is -0.504 e. The maximum atomic E-state index is 12.8. The number of rotatable bonds is 9. The molecule has 2 rings (SSSR count). The molecule has 28 heavy (non-hydrogen) atoms. The van der Waals surface area contributed by atoms with Gasteiger partial charge >= 0.3 is 0 Å². The standard InChI is InChI=1S/C21H30N2O3S2/c1-5-7-17(8-6-11-25-4)18-15-27-20(22-18)23-19(24)21(2,3)28-14-16-9-12-26-13-10-16/h5-8,11,15-16H,9-10,12-14H2,1-4H3,(H,22,23,24)/b7-5-,11-6+,17-8+. The Bertz CT molecular complexity index is 717. The number of nitrogens with zero attached hydrogens (tertiary/aromatic N) is 1. The van der Waals surface area contributed by atoms with Gasteiger partial charge in [-0.2, -0.15) is 0 Å². The lowest BCUT2D eigenvalue weighted by Crippen LogP contribution is -2.35. The summed E-state index contributed by atoms with van der Waals surface area (Å²) >= 11 is 3.15. The molecular weight excluding hydrogens is 392 g/mol. The highest BCUT2D eigenvalue weighted by Gasteiger charge is 2.30. The van der Waals surface area contributed by atoms with Crippen LogP contribution in [0.4, 0.5) is 5.13 Å². The van der Waals surface area contributed by atoms with Crippen LogP contribution in [0.15, 0.2) is 35.9 Å². The summed E-state index contributed by atoms with van der Waals surface area (Å²) in [4.78, 5) is 17.4. The second kappa shape index (κ2) is 11.4. The molecule has 0 aromatic carbocycles. The molecule has 0 unspecified atom stereocenters. The summed E-state index contributed by atoms with van der Waals surface area (Å²) in [6, 6.07) is 0. The lowest BCUT2D eigenvalue weighted by Gasteiger charge is -2.27. The SMILES string of the molecule is C\C=C/C(=C\C=C\OC)c1csc(NC(=O)C(C)(C)SCC2CCOCC2)n1. The second-order valence-electron chi connectivity index (χ2n) is 7.06. The highest BCUT2D eigenvalue weighted by Crippen LogP contribution is 2.32. The van der Waals surface area contributed by atoms with Crippen LogP contribution in [0.3, 0.4) is 0 Å². The van der Waals surface area contributed by atoms with Gasteiger partial charge in [0, 0.05) is 24.2 Å². The first-order chi connectivity index (χ1) is 13.5. The zero-order valence-electron chi connectivity index (χ0n) is 17.1. The number of anilines is 1. The largest absolute Gasteiger partial charge is 0.504 e. The van der Waals surface area contributed by atoms with Gasteiger partial charge in [-0.3, -0.25) is 4.79 Å². The van der Waals surface area contributed by atoms with E-state index in [1.807, 2.05) is 50.5 Å². The molecule has 0 atom stereocenters. The third-order valence-corrected chi connectivity index (χ3v) is 6.73. The van der Waals surface area contributed by atoms with E-state index in [2.05, 4.69) is 10.3 Å². The quantitative estimate of drug-likeness (QED) is 0.441. The van der Waals surface area contributed by atoms with Crippen molar-refractivity contribution in [3.63, 3.8) is 0 Å². The van der Waals surface area contributed by atoms with Crippen LogP contribution < -0.4 is 5.32 Å². The summed E-state index contributed by atoms with van der Waals surface area (Å²) in [7, 11) is 1.61. The third kappa shape index (κ3) is 7.11. The molecule has 1 saturated heterocycles. The fourth-order valence-corrected chi connectivity index (χ4v) is 4.53. The van der Waals surface area contributed by atoms with Crippen LogP contribution in [0.1, 0.15) is 39.3 Å². The molecule has 154 valence electrons. The monoisotopic (exact) mass is 422 g/mol. The average molecular weight is 423 g/mol. The van der Waals surface area contributed by atoms with Crippen LogP contribution in [0.25, 0.3) is 5.57 Å². The van der Waals surface area contributed by atoms with Gasteiger partial charge in [-0.15, -0.1) is 23.1 Å². The molecule has 5 nitrogen and oxygen atoms in total. The molecule has 2 heterocycles. The fraction of sp³-hybridized carbons (Fsp3) is 0.524. The van der Waals surface area contributed by atoms with Crippen LogP contribution in [-0.4, -0.2) is 41.7 Å². The number of thiazole rings is 1. The van der Waals surface area contributed by atoms with Crippen molar-refractivity contribution in [3.8, 4) is 0 Å². The summed E-state index contributed by atoms with van der Waals surface area (Å²) in [6.45, 7) is 7.58. The van der Waals surface area contributed by atoms with Crippen molar-refractivity contribution >= 4 is 39.7 Å². The van der Waals surface area contributed by atoms with E-state index < -0.39 is 4.75 Å². The first-order valence-electron chi connectivity index (χ1n) is 9.47. The van der Waals surface area contributed by atoms with Crippen molar-refractivity contribution in [1.29, 1.82) is 0 Å². The van der Waals surface area contributed by atoms with Gasteiger partial charge in [0.25, 0.3) is 0 Å². The van der Waals surface area contributed by atoms with Gasteiger partial charge < -0.3 is 14.8 Å². The molecule has 1 amide bonds. The molecule has 0 radical (unpaired) electrons. The number of nitrogens with one attached hydrogen (secondary N) is 1. The summed E-state index contributed by atoms with van der Waals surface area (Å²) in [5, 5.41) is 5.55. The van der Waals surface area contributed by atoms with Crippen molar-refractivity contribution in [1.82, 2.24) is 4.98 Å². The molecule has 1 aromatic heterocycles. The van der Waals surface area contributed by atoms with E-state index in [-0.39, 0.29) is 5.91 Å². The Hall–Kier alpha value is -1.57. The molecule has 1 aliphatic rings. The number of hydrogen-bond acceptors (Lipinski definition) is 6. The number of amides is 1. The lowest BCUT2D eigenvalue weighted by atomic mass is 10.0. The molecule has 1 aromatic rings. The topological polar surface area (TPSA) is 60.5 Å². The Kier molecular flexibility index (Phi) is 9.28. The Morgan fingerprint density at radius 1 is 1.46 bits per heavy atom. The first kappa shape index (κ1) is 22.7. The van der Waals surface area contributed by atoms with E-state index in [0.29, 0.717) is 11.0 Å². The van der Waals surface area contributed by atoms with Crippen LogP contribution in [0, 0.1) is 5.92 Å². The number of hydrogen-bond donors (Lipinski definition) is 1. The van der Waals surface area contributed by atoms with E-state index >= 15 is 0 Å². The summed E-state index contributed by atoms with van der Waals surface area (Å²) in [5.74, 6) is 1.60. The Morgan fingerprint density at radius 3 is 2.89 bits per heavy atom. The number of aromatic nitrogens is 1. The molecule has 0 saturated carbocycles. The minimum atomic E-state index is -0.507. The van der Waals surface area contributed by atoms with Crippen molar-refractivity contribution < 1.29 is 14.3 Å². The highest BCUT2D eigenvalue weighted by molar-refractivity contribution is 8.01. The van der Waals surface area contributed by atoms with Crippen LogP contribution in [-0.2, 0) is 14.3 Å². The van der Waals surface area contributed by atoms with Crippen LogP contribution >= 0.6 is 23.1 Å². The number of carbonyl (C=O) groups excluding carboxylic acids is 1. The van der Waals surface area contributed by atoms with E-state index in [1.165, 1.54) is 11.3 Å². The van der Waals surface area contributed by atoms with E-state index in [0.717, 1.165) is 43.1 Å². The third-order valence-electron chi connectivity index (χ3n) is 4.42. The molecular formula is C21H30N2O3S2. The number of methoxy groups -OCH3 is 1. The van der Waals surface area contributed by atoms with Crippen LogP contribution in [0.5, 0.6) is 0 Å². The van der Waals surface area contributed by atoms with Crippen molar-refractivity contribution in [2.24, 2.45) is 5.92 Å². The molecule has 7 heteroatoms. The van der Waals surface area contributed by atoms with Crippen molar-refractivity contribution in [2.45, 2.75) is 38.4 Å². The maximum Gasteiger partial charge on any atom is 0.241 e. The predicted octanol–water partition coefficient (Wildman–Crippen LogP) is 5.14. The Morgan fingerprint density at radius 2 is 2.21 bits per heavy atom. The zero-order chi connectivity index (χ0) is 20.4. The van der Waals surface area contributed by atoms with Crippen LogP contribution in [0.2, 0.25) is 0 Å². The fourth-order valence-electron chi connectivity index (χ4n) is 2.64. The smallest absolute Gasteiger partial charge is 0.241 e. The van der Waals surface area contributed by atoms with Gasteiger partial charge in [0.15, 0.2) is 5.13 Å². The van der Waals surface area contributed by atoms with Gasteiger partial charge in [-0.25, -0.2) is 4.98 Å². The molecule has 1 fully saturated rings. The lowest BCUT2D eigenvalue weighted by molar-refractivity contribution is -0.117. The van der Waals surface area contributed by atoms with Gasteiger partial charge in [0.2, 0.25) is 5.91 Å². The Balaban J connectivity index is 1.97. The second-order valence-corrected chi connectivity index (χ2v) is 9.56. The van der Waals surface area contributed by atoms with Gasteiger partial charge in [-0.1, -0.05) is 12.2 Å². The number of allylic oxidation sites excluding steroid dienone is 5. The predicted molar refractivity (Wildman–Crippen MR) is 120 cm³/mol. The summed E-state index contributed by atoms with van der Waals surface area (Å²) < 4.78 is 9.84. The Labute approximate surface area is 176 Å². The van der Waals surface area contributed by atoms with Gasteiger partial charge in [-0.05, 0) is 57.4 Å². The number of thioether (sulfide) groups is 1. The summed E-state index contributed by atoms with van der Waals surface area (Å²) in [6.07, 6.45) is 11.5. The van der Waals surface area contributed by atoms with E-state index in [4.69, 9.17) is 9.47 Å². The summed E-state index contributed by atoms with van der Waals surface area (Å²) in [5.41, 5.74) is 1.78. The molecule has 0 bridgehead atoms. The van der Waals surface area contributed by atoms with Crippen molar-refractivity contribution in [2.75, 3.05) is 31.4 Å². The highest BCUT2D eigenvalue weighted by atomic mass is 32.2. The first-order valence-corrected chi connectivity index (χ1v) is 11.3.